The number of benzene rings is 1. The van der Waals surface area contributed by atoms with Crippen LogP contribution >= 0.6 is 0 Å². The highest BCUT2D eigenvalue weighted by Crippen LogP contribution is 2.21. The number of carbonyl (C=O) groups is 2. The van der Waals surface area contributed by atoms with Gasteiger partial charge in [-0.15, -0.1) is 0 Å². The SMILES string of the molecule is NC(=O)N1CCC[C@@H](C(=O)NCc2ccc(N3CCNCC3)c(F)c2)C1. The molecule has 2 aliphatic heterocycles. The standard InChI is InChI=1S/C18H26FN5O2/c19-15-10-13(3-4-16(15)23-8-5-21-6-9-23)11-22-17(25)14-2-1-7-24(12-14)18(20)26/h3-4,10,14,21H,1-2,5-9,11-12H2,(H2,20,26)(H,22,25)/t14-/m1/s1. The Hall–Kier alpha value is -2.35. The summed E-state index contributed by atoms with van der Waals surface area (Å²) in [6.45, 7) is 4.47. The number of hydrogen-bond donors (Lipinski definition) is 3. The lowest BCUT2D eigenvalue weighted by Crippen LogP contribution is -2.47. The van der Waals surface area contributed by atoms with Gasteiger partial charge in [-0.25, -0.2) is 9.18 Å². The normalized spacial score (nSPS) is 20.7. The molecule has 1 aromatic rings. The van der Waals surface area contributed by atoms with Gasteiger partial charge in [-0.3, -0.25) is 4.79 Å². The monoisotopic (exact) mass is 363 g/mol. The van der Waals surface area contributed by atoms with E-state index in [4.69, 9.17) is 5.73 Å². The number of carbonyl (C=O) groups excluding carboxylic acids is 2. The largest absolute Gasteiger partial charge is 0.367 e. The fourth-order valence-electron chi connectivity index (χ4n) is 3.55. The fourth-order valence-corrected chi connectivity index (χ4v) is 3.55. The molecule has 0 unspecified atom stereocenters. The Morgan fingerprint density at radius 3 is 2.73 bits per heavy atom. The fraction of sp³-hybridized carbons (Fsp3) is 0.556. The van der Waals surface area contributed by atoms with Crippen LogP contribution in [0.15, 0.2) is 18.2 Å². The molecule has 2 fully saturated rings. The van der Waals surface area contributed by atoms with Gasteiger partial charge in [-0.1, -0.05) is 6.07 Å². The van der Waals surface area contributed by atoms with Crippen molar-refractivity contribution in [2.75, 3.05) is 44.2 Å². The molecule has 8 heteroatoms. The average Bonchev–Trinajstić information content (AvgIpc) is 2.67. The van der Waals surface area contributed by atoms with Crippen LogP contribution in [0.25, 0.3) is 0 Å². The van der Waals surface area contributed by atoms with E-state index in [2.05, 4.69) is 10.6 Å². The van der Waals surface area contributed by atoms with E-state index in [1.54, 1.807) is 6.07 Å². The highest BCUT2D eigenvalue weighted by Gasteiger charge is 2.27. The molecular formula is C18H26FN5O2. The number of rotatable bonds is 4. The van der Waals surface area contributed by atoms with Crippen LogP contribution in [0.3, 0.4) is 0 Å². The molecule has 1 atom stereocenters. The van der Waals surface area contributed by atoms with Gasteiger partial charge in [0.2, 0.25) is 5.91 Å². The van der Waals surface area contributed by atoms with Crippen molar-refractivity contribution < 1.29 is 14.0 Å². The minimum Gasteiger partial charge on any atom is -0.367 e. The Labute approximate surface area is 152 Å². The van der Waals surface area contributed by atoms with E-state index in [1.807, 2.05) is 11.0 Å². The van der Waals surface area contributed by atoms with Gasteiger partial charge in [-0.2, -0.15) is 0 Å². The molecule has 2 aliphatic rings. The van der Waals surface area contributed by atoms with E-state index in [0.29, 0.717) is 18.8 Å². The summed E-state index contributed by atoms with van der Waals surface area (Å²) in [7, 11) is 0. The van der Waals surface area contributed by atoms with Crippen molar-refractivity contribution in [2.24, 2.45) is 11.7 Å². The third kappa shape index (κ3) is 4.43. The Bertz CT molecular complexity index is 663. The summed E-state index contributed by atoms with van der Waals surface area (Å²) in [5.74, 6) is -0.653. The van der Waals surface area contributed by atoms with Crippen molar-refractivity contribution >= 4 is 17.6 Å². The van der Waals surface area contributed by atoms with Crippen molar-refractivity contribution in [3.63, 3.8) is 0 Å². The Morgan fingerprint density at radius 1 is 1.27 bits per heavy atom. The first-order valence-corrected chi connectivity index (χ1v) is 9.11. The lowest BCUT2D eigenvalue weighted by Gasteiger charge is -2.31. The maximum Gasteiger partial charge on any atom is 0.314 e. The number of anilines is 1. The number of hydrogen-bond acceptors (Lipinski definition) is 4. The summed E-state index contributed by atoms with van der Waals surface area (Å²) < 4.78 is 14.4. The molecular weight excluding hydrogens is 337 g/mol. The van der Waals surface area contributed by atoms with Crippen LogP contribution in [-0.2, 0) is 11.3 Å². The molecule has 2 heterocycles. The van der Waals surface area contributed by atoms with Crippen molar-refractivity contribution in [1.82, 2.24) is 15.5 Å². The number of piperidine rings is 1. The molecule has 0 aromatic heterocycles. The van der Waals surface area contributed by atoms with Crippen LogP contribution in [0.4, 0.5) is 14.9 Å². The molecule has 0 bridgehead atoms. The van der Waals surface area contributed by atoms with Gasteiger partial charge in [0.05, 0.1) is 11.6 Å². The Morgan fingerprint density at radius 2 is 2.04 bits per heavy atom. The molecule has 4 N–H and O–H groups in total. The van der Waals surface area contributed by atoms with Crippen LogP contribution in [0.2, 0.25) is 0 Å². The predicted molar refractivity (Wildman–Crippen MR) is 97.2 cm³/mol. The molecule has 3 rings (SSSR count). The van der Waals surface area contributed by atoms with Gasteiger partial charge >= 0.3 is 6.03 Å². The third-order valence-corrected chi connectivity index (χ3v) is 5.04. The zero-order valence-electron chi connectivity index (χ0n) is 14.8. The van der Waals surface area contributed by atoms with Crippen LogP contribution < -0.4 is 21.3 Å². The number of piperazine rings is 1. The predicted octanol–water partition coefficient (Wildman–Crippen LogP) is 0.642. The van der Waals surface area contributed by atoms with E-state index in [0.717, 1.165) is 44.6 Å². The highest BCUT2D eigenvalue weighted by atomic mass is 19.1. The van der Waals surface area contributed by atoms with Gasteiger partial charge < -0.3 is 26.2 Å². The van der Waals surface area contributed by atoms with Crippen LogP contribution in [-0.4, -0.2) is 56.1 Å². The minimum absolute atomic E-state index is 0.123. The van der Waals surface area contributed by atoms with Crippen LogP contribution in [0.5, 0.6) is 0 Å². The second kappa shape index (κ2) is 8.35. The minimum atomic E-state index is -0.493. The number of nitrogens with two attached hydrogens (primary N) is 1. The summed E-state index contributed by atoms with van der Waals surface area (Å²) in [6.07, 6.45) is 1.49. The summed E-state index contributed by atoms with van der Waals surface area (Å²) in [6, 6.07) is 4.61. The zero-order valence-corrected chi connectivity index (χ0v) is 14.8. The van der Waals surface area contributed by atoms with E-state index < -0.39 is 6.03 Å². The smallest absolute Gasteiger partial charge is 0.314 e. The van der Waals surface area contributed by atoms with Gasteiger partial charge in [-0.05, 0) is 30.5 Å². The molecule has 142 valence electrons. The van der Waals surface area contributed by atoms with Gasteiger partial charge in [0.15, 0.2) is 0 Å². The number of halogens is 1. The number of nitrogens with zero attached hydrogens (tertiary/aromatic N) is 2. The molecule has 0 saturated carbocycles. The van der Waals surface area contributed by atoms with E-state index >= 15 is 0 Å². The molecule has 0 aliphatic carbocycles. The number of primary amides is 1. The second-order valence-corrected chi connectivity index (χ2v) is 6.86. The van der Waals surface area contributed by atoms with Crippen molar-refractivity contribution in [3.05, 3.63) is 29.6 Å². The van der Waals surface area contributed by atoms with Crippen molar-refractivity contribution in [1.29, 1.82) is 0 Å². The summed E-state index contributed by atoms with van der Waals surface area (Å²) >= 11 is 0. The third-order valence-electron chi connectivity index (χ3n) is 5.04. The van der Waals surface area contributed by atoms with E-state index in [-0.39, 0.29) is 24.2 Å². The summed E-state index contributed by atoms with van der Waals surface area (Å²) in [5, 5.41) is 6.09. The maximum absolute atomic E-state index is 14.4. The average molecular weight is 363 g/mol. The molecule has 26 heavy (non-hydrogen) atoms. The molecule has 7 nitrogen and oxygen atoms in total. The zero-order chi connectivity index (χ0) is 18.5. The van der Waals surface area contributed by atoms with E-state index in [9.17, 15) is 14.0 Å². The second-order valence-electron chi connectivity index (χ2n) is 6.86. The van der Waals surface area contributed by atoms with Crippen molar-refractivity contribution in [3.8, 4) is 0 Å². The maximum atomic E-state index is 14.4. The number of amides is 3. The molecule has 0 radical (unpaired) electrons. The molecule has 2 saturated heterocycles. The van der Waals surface area contributed by atoms with Crippen LogP contribution in [0, 0.1) is 11.7 Å². The molecule has 0 spiro atoms. The van der Waals surface area contributed by atoms with Crippen LogP contribution in [0.1, 0.15) is 18.4 Å². The number of urea groups is 1. The summed E-state index contributed by atoms with van der Waals surface area (Å²) in [5.41, 5.74) is 6.62. The topological polar surface area (TPSA) is 90.7 Å². The number of nitrogens with one attached hydrogen (secondary N) is 2. The highest BCUT2D eigenvalue weighted by molar-refractivity contribution is 5.80. The summed E-state index contributed by atoms with van der Waals surface area (Å²) in [4.78, 5) is 27.1. The lowest BCUT2D eigenvalue weighted by atomic mass is 9.97. The van der Waals surface area contributed by atoms with Gasteiger partial charge in [0.25, 0.3) is 0 Å². The number of likely N-dealkylation sites (tertiary alicyclic amines) is 1. The quantitative estimate of drug-likeness (QED) is 0.732. The Kier molecular flexibility index (Phi) is 5.92. The first-order chi connectivity index (χ1) is 12.5. The van der Waals surface area contributed by atoms with Gasteiger partial charge in [0, 0.05) is 45.8 Å². The molecule has 3 amide bonds. The first kappa shape index (κ1) is 18.4. The lowest BCUT2D eigenvalue weighted by molar-refractivity contribution is -0.126. The van der Waals surface area contributed by atoms with E-state index in [1.165, 1.54) is 11.0 Å². The molecule has 1 aromatic carbocycles. The first-order valence-electron chi connectivity index (χ1n) is 9.11. The Balaban J connectivity index is 1.55. The van der Waals surface area contributed by atoms with Crippen molar-refractivity contribution in [2.45, 2.75) is 19.4 Å². The van der Waals surface area contributed by atoms with Gasteiger partial charge in [0.1, 0.15) is 5.82 Å².